The highest BCUT2D eigenvalue weighted by molar-refractivity contribution is 7.09. The van der Waals surface area contributed by atoms with Crippen molar-refractivity contribution in [3.8, 4) is 0 Å². The second-order valence-electron chi connectivity index (χ2n) is 5.52. The van der Waals surface area contributed by atoms with Gasteiger partial charge in [0.2, 0.25) is 0 Å². The zero-order chi connectivity index (χ0) is 14.5. The van der Waals surface area contributed by atoms with Crippen LogP contribution in [0.2, 0.25) is 0 Å². The normalized spacial score (nSPS) is 12.8. The first-order chi connectivity index (χ1) is 9.60. The van der Waals surface area contributed by atoms with E-state index in [4.69, 9.17) is 0 Å². The van der Waals surface area contributed by atoms with Crippen LogP contribution < -0.4 is 5.32 Å². The fourth-order valence-electron chi connectivity index (χ4n) is 2.34. The topological polar surface area (TPSA) is 24.9 Å². The van der Waals surface area contributed by atoms with Gasteiger partial charge in [0.15, 0.2) is 0 Å². The van der Waals surface area contributed by atoms with Gasteiger partial charge >= 0.3 is 0 Å². The summed E-state index contributed by atoms with van der Waals surface area (Å²) in [4.78, 5) is 4.58. The van der Waals surface area contributed by atoms with Crippen LogP contribution in [-0.2, 0) is 6.42 Å². The second-order valence-corrected chi connectivity index (χ2v) is 6.46. The third-order valence-electron chi connectivity index (χ3n) is 3.50. The van der Waals surface area contributed by atoms with Gasteiger partial charge in [-0.25, -0.2) is 4.98 Å². The van der Waals surface area contributed by atoms with Gasteiger partial charge in [0.1, 0.15) is 0 Å². The van der Waals surface area contributed by atoms with Crippen LogP contribution in [0.15, 0.2) is 29.6 Å². The molecular formula is C17H24N2S. The van der Waals surface area contributed by atoms with Gasteiger partial charge in [-0.15, -0.1) is 11.3 Å². The van der Waals surface area contributed by atoms with Crippen molar-refractivity contribution in [3.05, 3.63) is 51.5 Å². The number of aryl methyl sites for hydroxylation is 1. The standard InChI is InChI=1S/C17H24N2S/c1-5-18-16(10-17-19-13(4)11-20-17)15-8-6-14(7-9-15)12(2)3/h6-9,11-12,16,18H,5,10H2,1-4H3. The van der Waals surface area contributed by atoms with E-state index < -0.39 is 0 Å². The van der Waals surface area contributed by atoms with Crippen molar-refractivity contribution in [1.29, 1.82) is 0 Å². The predicted molar refractivity (Wildman–Crippen MR) is 87.5 cm³/mol. The summed E-state index contributed by atoms with van der Waals surface area (Å²) in [6.45, 7) is 9.65. The van der Waals surface area contributed by atoms with Gasteiger partial charge in [0.25, 0.3) is 0 Å². The molecule has 1 aromatic heterocycles. The van der Waals surface area contributed by atoms with Crippen LogP contribution in [0.3, 0.4) is 0 Å². The van der Waals surface area contributed by atoms with Gasteiger partial charge in [-0.1, -0.05) is 45.0 Å². The highest BCUT2D eigenvalue weighted by Gasteiger charge is 2.13. The Labute approximate surface area is 126 Å². The first-order valence-corrected chi connectivity index (χ1v) is 8.22. The third-order valence-corrected chi connectivity index (χ3v) is 4.49. The Morgan fingerprint density at radius 1 is 1.15 bits per heavy atom. The molecule has 1 heterocycles. The van der Waals surface area contributed by atoms with Gasteiger partial charge in [-0.3, -0.25) is 0 Å². The van der Waals surface area contributed by atoms with E-state index in [0.717, 1.165) is 18.7 Å². The largest absolute Gasteiger partial charge is 0.310 e. The van der Waals surface area contributed by atoms with E-state index in [1.165, 1.54) is 16.1 Å². The van der Waals surface area contributed by atoms with Crippen LogP contribution in [0.1, 0.15) is 54.6 Å². The van der Waals surface area contributed by atoms with Crippen molar-refractivity contribution in [2.45, 2.75) is 46.1 Å². The molecule has 20 heavy (non-hydrogen) atoms. The fraction of sp³-hybridized carbons (Fsp3) is 0.471. The van der Waals surface area contributed by atoms with E-state index in [1.54, 1.807) is 11.3 Å². The van der Waals surface area contributed by atoms with Crippen molar-refractivity contribution in [2.24, 2.45) is 0 Å². The Hall–Kier alpha value is -1.19. The summed E-state index contributed by atoms with van der Waals surface area (Å²) in [5.41, 5.74) is 3.87. The first-order valence-electron chi connectivity index (χ1n) is 7.34. The predicted octanol–water partition coefficient (Wildman–Crippen LogP) is 4.47. The Bertz CT molecular complexity index is 528. The van der Waals surface area contributed by atoms with Crippen molar-refractivity contribution in [1.82, 2.24) is 10.3 Å². The number of rotatable bonds is 6. The van der Waals surface area contributed by atoms with Crippen LogP contribution in [0.4, 0.5) is 0 Å². The first kappa shape index (κ1) is 15.2. The van der Waals surface area contributed by atoms with Crippen molar-refractivity contribution >= 4 is 11.3 Å². The number of hydrogen-bond donors (Lipinski definition) is 1. The second kappa shape index (κ2) is 7.00. The van der Waals surface area contributed by atoms with Crippen LogP contribution in [-0.4, -0.2) is 11.5 Å². The van der Waals surface area contributed by atoms with Crippen molar-refractivity contribution in [2.75, 3.05) is 6.54 Å². The maximum Gasteiger partial charge on any atom is 0.0947 e. The summed E-state index contributed by atoms with van der Waals surface area (Å²) in [5, 5.41) is 6.91. The zero-order valence-electron chi connectivity index (χ0n) is 12.8. The molecule has 1 atom stereocenters. The molecule has 1 unspecified atom stereocenters. The van der Waals surface area contributed by atoms with Gasteiger partial charge in [0.05, 0.1) is 5.01 Å². The number of thiazole rings is 1. The van der Waals surface area contributed by atoms with E-state index in [0.29, 0.717) is 12.0 Å². The van der Waals surface area contributed by atoms with E-state index in [2.05, 4.69) is 67.6 Å². The molecule has 0 aliphatic rings. The lowest BCUT2D eigenvalue weighted by Crippen LogP contribution is -2.23. The quantitative estimate of drug-likeness (QED) is 0.848. The summed E-state index contributed by atoms with van der Waals surface area (Å²) < 4.78 is 0. The molecule has 0 radical (unpaired) electrons. The van der Waals surface area contributed by atoms with Crippen LogP contribution in [0.25, 0.3) is 0 Å². The number of likely N-dealkylation sites (N-methyl/N-ethyl adjacent to an activating group) is 1. The van der Waals surface area contributed by atoms with E-state index in [1.807, 2.05) is 0 Å². The number of nitrogens with one attached hydrogen (secondary N) is 1. The lowest BCUT2D eigenvalue weighted by Gasteiger charge is -2.18. The van der Waals surface area contributed by atoms with Gasteiger partial charge in [0, 0.05) is 23.5 Å². The van der Waals surface area contributed by atoms with Crippen molar-refractivity contribution in [3.63, 3.8) is 0 Å². The average Bonchev–Trinajstić information content (AvgIpc) is 2.84. The molecule has 1 aromatic carbocycles. The van der Waals surface area contributed by atoms with E-state index >= 15 is 0 Å². The Morgan fingerprint density at radius 2 is 1.80 bits per heavy atom. The monoisotopic (exact) mass is 288 g/mol. The molecule has 0 fully saturated rings. The number of nitrogens with zero attached hydrogens (tertiary/aromatic N) is 1. The molecule has 0 bridgehead atoms. The summed E-state index contributed by atoms with van der Waals surface area (Å²) in [5.74, 6) is 0.586. The molecule has 0 spiro atoms. The minimum atomic E-state index is 0.353. The van der Waals surface area contributed by atoms with E-state index in [9.17, 15) is 0 Å². The zero-order valence-corrected chi connectivity index (χ0v) is 13.6. The van der Waals surface area contributed by atoms with Crippen LogP contribution >= 0.6 is 11.3 Å². The summed E-state index contributed by atoms with van der Waals surface area (Å²) in [6.07, 6.45) is 0.966. The molecule has 2 nitrogen and oxygen atoms in total. The molecule has 0 aliphatic heterocycles. The van der Waals surface area contributed by atoms with Crippen LogP contribution in [0, 0.1) is 6.92 Å². The molecule has 0 saturated carbocycles. The van der Waals surface area contributed by atoms with Crippen molar-refractivity contribution < 1.29 is 0 Å². The molecule has 3 heteroatoms. The van der Waals surface area contributed by atoms with Gasteiger partial charge in [-0.05, 0) is 30.5 Å². The summed E-state index contributed by atoms with van der Waals surface area (Å²) >= 11 is 1.76. The highest BCUT2D eigenvalue weighted by Crippen LogP contribution is 2.23. The number of aromatic nitrogens is 1. The molecule has 2 rings (SSSR count). The lowest BCUT2D eigenvalue weighted by molar-refractivity contribution is 0.548. The molecule has 0 saturated heterocycles. The Morgan fingerprint density at radius 3 is 2.30 bits per heavy atom. The van der Waals surface area contributed by atoms with Gasteiger partial charge in [-0.2, -0.15) is 0 Å². The average molecular weight is 288 g/mol. The number of benzene rings is 1. The Balaban J connectivity index is 2.15. The molecule has 1 N–H and O–H groups in total. The number of hydrogen-bond acceptors (Lipinski definition) is 3. The van der Waals surface area contributed by atoms with Gasteiger partial charge < -0.3 is 5.32 Å². The molecule has 108 valence electrons. The Kier molecular flexibility index (Phi) is 5.32. The summed E-state index contributed by atoms with van der Waals surface area (Å²) in [7, 11) is 0. The molecular weight excluding hydrogens is 264 g/mol. The lowest BCUT2D eigenvalue weighted by atomic mass is 9.98. The summed E-state index contributed by atoms with van der Waals surface area (Å²) in [6, 6.07) is 9.35. The molecule has 0 amide bonds. The highest BCUT2D eigenvalue weighted by atomic mass is 32.1. The van der Waals surface area contributed by atoms with Crippen LogP contribution in [0.5, 0.6) is 0 Å². The molecule has 2 aromatic rings. The van der Waals surface area contributed by atoms with E-state index in [-0.39, 0.29) is 0 Å². The smallest absolute Gasteiger partial charge is 0.0947 e. The maximum atomic E-state index is 4.58. The SMILES string of the molecule is CCNC(Cc1nc(C)cs1)c1ccc(C(C)C)cc1. The molecule has 0 aliphatic carbocycles. The fourth-order valence-corrected chi connectivity index (χ4v) is 3.16. The minimum absolute atomic E-state index is 0.353. The maximum absolute atomic E-state index is 4.58. The third kappa shape index (κ3) is 3.90. The minimum Gasteiger partial charge on any atom is -0.310 e.